The highest BCUT2D eigenvalue weighted by atomic mass is 35.5. The molecule has 4 heteroatoms. The van der Waals surface area contributed by atoms with Gasteiger partial charge in [-0.05, 0) is 42.3 Å². The van der Waals surface area contributed by atoms with Gasteiger partial charge in [0, 0.05) is 0 Å². The summed E-state index contributed by atoms with van der Waals surface area (Å²) in [5.41, 5.74) is 7.08. The second-order valence-electron chi connectivity index (χ2n) is 4.00. The highest BCUT2D eigenvalue weighted by Gasteiger charge is 2.06. The van der Waals surface area contributed by atoms with E-state index in [0.29, 0.717) is 11.3 Å². The molecule has 0 atom stereocenters. The van der Waals surface area contributed by atoms with Crippen LogP contribution in [0.15, 0.2) is 54.6 Å². The predicted octanol–water partition coefficient (Wildman–Crippen LogP) is 3.26. The normalized spacial score (nSPS) is 9.35. The molecule has 0 spiro atoms. The van der Waals surface area contributed by atoms with E-state index in [0.717, 1.165) is 13.0 Å². The van der Waals surface area contributed by atoms with E-state index in [9.17, 15) is 4.79 Å². The standard InChI is InChI=1S/C8H7ClO2.C8H11N/c1-11-7-5-3-2-4-6(7)8(9)10;9-7-6-8-4-2-1-3-5-8/h2-5H,1H3;1-5H,6-7,9H2. The zero-order valence-corrected chi connectivity index (χ0v) is 12.1. The van der Waals surface area contributed by atoms with Gasteiger partial charge in [-0.15, -0.1) is 0 Å². The monoisotopic (exact) mass is 291 g/mol. The third-order valence-corrected chi connectivity index (χ3v) is 2.80. The fourth-order valence-electron chi connectivity index (χ4n) is 1.62. The molecular weight excluding hydrogens is 274 g/mol. The third-order valence-electron chi connectivity index (χ3n) is 2.59. The van der Waals surface area contributed by atoms with Gasteiger partial charge in [-0.1, -0.05) is 42.5 Å². The molecule has 3 nitrogen and oxygen atoms in total. The molecule has 0 fully saturated rings. The Kier molecular flexibility index (Phi) is 7.40. The SMILES string of the molecule is COc1ccccc1C(=O)Cl.NCCc1ccccc1. The molecule has 0 aliphatic rings. The van der Waals surface area contributed by atoms with Crippen molar-refractivity contribution in [2.24, 2.45) is 5.73 Å². The molecule has 0 radical (unpaired) electrons. The molecule has 0 amide bonds. The topological polar surface area (TPSA) is 52.3 Å². The van der Waals surface area contributed by atoms with Crippen LogP contribution in [0.25, 0.3) is 0 Å². The fourth-order valence-corrected chi connectivity index (χ4v) is 1.77. The lowest BCUT2D eigenvalue weighted by Gasteiger charge is -2.01. The van der Waals surface area contributed by atoms with Gasteiger partial charge in [-0.3, -0.25) is 4.79 Å². The summed E-state index contributed by atoms with van der Waals surface area (Å²) in [7, 11) is 1.50. The van der Waals surface area contributed by atoms with Gasteiger partial charge in [0.25, 0.3) is 5.24 Å². The van der Waals surface area contributed by atoms with Crippen LogP contribution in [0.2, 0.25) is 0 Å². The number of hydrogen-bond donors (Lipinski definition) is 1. The van der Waals surface area contributed by atoms with Crippen LogP contribution in [0, 0.1) is 0 Å². The molecule has 2 rings (SSSR count). The van der Waals surface area contributed by atoms with Crippen LogP contribution in [-0.2, 0) is 6.42 Å². The fraction of sp³-hybridized carbons (Fsp3) is 0.188. The number of hydrogen-bond acceptors (Lipinski definition) is 3. The lowest BCUT2D eigenvalue weighted by atomic mass is 10.2. The molecule has 2 aromatic carbocycles. The summed E-state index contributed by atoms with van der Waals surface area (Å²) < 4.78 is 4.90. The van der Waals surface area contributed by atoms with Crippen LogP contribution < -0.4 is 10.5 Å². The van der Waals surface area contributed by atoms with Crippen molar-refractivity contribution in [3.63, 3.8) is 0 Å². The van der Waals surface area contributed by atoms with Crippen molar-refractivity contribution in [2.75, 3.05) is 13.7 Å². The van der Waals surface area contributed by atoms with Gasteiger partial charge in [0.05, 0.1) is 12.7 Å². The molecule has 0 bridgehead atoms. The van der Waals surface area contributed by atoms with Crippen molar-refractivity contribution < 1.29 is 9.53 Å². The largest absolute Gasteiger partial charge is 0.496 e. The lowest BCUT2D eigenvalue weighted by molar-refractivity contribution is 0.107. The number of carbonyl (C=O) groups excluding carboxylic acids is 1. The van der Waals surface area contributed by atoms with E-state index < -0.39 is 5.24 Å². The summed E-state index contributed by atoms with van der Waals surface area (Å²) in [5, 5.41) is -0.498. The Labute approximate surface area is 124 Å². The van der Waals surface area contributed by atoms with E-state index in [4.69, 9.17) is 22.1 Å². The van der Waals surface area contributed by atoms with Crippen LogP contribution in [0.5, 0.6) is 5.75 Å². The quantitative estimate of drug-likeness (QED) is 0.880. The minimum Gasteiger partial charge on any atom is -0.496 e. The summed E-state index contributed by atoms with van der Waals surface area (Å²) in [6.07, 6.45) is 0.987. The maximum Gasteiger partial charge on any atom is 0.256 e. The number of para-hydroxylation sites is 1. The third kappa shape index (κ3) is 5.43. The second-order valence-corrected chi connectivity index (χ2v) is 4.34. The zero-order chi connectivity index (χ0) is 14.8. The van der Waals surface area contributed by atoms with E-state index in [1.165, 1.54) is 12.7 Å². The molecule has 0 aliphatic heterocycles. The summed E-state index contributed by atoms with van der Waals surface area (Å²) in [6, 6.07) is 17.1. The maximum atomic E-state index is 10.7. The molecular formula is C16H18ClNO2. The van der Waals surface area contributed by atoms with Gasteiger partial charge in [0.15, 0.2) is 0 Å². The van der Waals surface area contributed by atoms with Crippen molar-refractivity contribution in [3.05, 3.63) is 65.7 Å². The van der Waals surface area contributed by atoms with E-state index >= 15 is 0 Å². The molecule has 0 aromatic heterocycles. The number of nitrogens with two attached hydrogens (primary N) is 1. The zero-order valence-electron chi connectivity index (χ0n) is 11.4. The van der Waals surface area contributed by atoms with E-state index in [2.05, 4.69) is 12.1 Å². The minimum atomic E-state index is -0.498. The Morgan fingerprint density at radius 3 is 2.20 bits per heavy atom. The number of ether oxygens (including phenoxy) is 1. The Bertz CT molecular complexity index is 529. The molecule has 2 N–H and O–H groups in total. The number of carbonyl (C=O) groups is 1. The number of halogens is 1. The summed E-state index contributed by atoms with van der Waals surface area (Å²) in [5.74, 6) is 0.507. The Morgan fingerprint density at radius 1 is 1.10 bits per heavy atom. The molecule has 106 valence electrons. The number of methoxy groups -OCH3 is 1. The molecule has 0 saturated heterocycles. The first-order chi connectivity index (χ1) is 9.69. The van der Waals surface area contributed by atoms with Crippen molar-refractivity contribution in [1.29, 1.82) is 0 Å². The minimum absolute atomic E-state index is 0.400. The first-order valence-electron chi connectivity index (χ1n) is 6.26. The van der Waals surface area contributed by atoms with Gasteiger partial charge in [0.2, 0.25) is 0 Å². The smallest absolute Gasteiger partial charge is 0.256 e. The summed E-state index contributed by atoms with van der Waals surface area (Å²) >= 11 is 5.27. The van der Waals surface area contributed by atoms with Crippen LogP contribution >= 0.6 is 11.6 Å². The van der Waals surface area contributed by atoms with Crippen LogP contribution in [0.4, 0.5) is 0 Å². The molecule has 0 saturated carbocycles. The molecule has 2 aromatic rings. The van der Waals surface area contributed by atoms with E-state index in [1.54, 1.807) is 24.3 Å². The first kappa shape index (κ1) is 16.2. The average Bonchev–Trinajstić information content (AvgIpc) is 2.49. The van der Waals surface area contributed by atoms with Gasteiger partial charge < -0.3 is 10.5 Å². The van der Waals surface area contributed by atoms with Crippen molar-refractivity contribution in [2.45, 2.75) is 6.42 Å². The van der Waals surface area contributed by atoms with Crippen LogP contribution in [-0.4, -0.2) is 18.9 Å². The number of rotatable bonds is 4. The highest BCUT2D eigenvalue weighted by molar-refractivity contribution is 6.68. The van der Waals surface area contributed by atoms with Gasteiger partial charge in [-0.25, -0.2) is 0 Å². The van der Waals surface area contributed by atoms with Gasteiger partial charge >= 0.3 is 0 Å². The molecule has 0 aliphatic carbocycles. The van der Waals surface area contributed by atoms with E-state index in [-0.39, 0.29) is 0 Å². The number of benzene rings is 2. The first-order valence-corrected chi connectivity index (χ1v) is 6.63. The Balaban J connectivity index is 0.000000204. The predicted molar refractivity (Wildman–Crippen MR) is 82.4 cm³/mol. The highest BCUT2D eigenvalue weighted by Crippen LogP contribution is 2.18. The maximum absolute atomic E-state index is 10.7. The van der Waals surface area contributed by atoms with Crippen molar-refractivity contribution in [1.82, 2.24) is 0 Å². The van der Waals surface area contributed by atoms with Crippen molar-refractivity contribution in [3.8, 4) is 5.75 Å². The second kappa shape index (κ2) is 9.13. The molecule has 0 unspecified atom stereocenters. The molecule has 0 heterocycles. The Morgan fingerprint density at radius 2 is 1.70 bits per heavy atom. The summed E-state index contributed by atoms with van der Waals surface area (Å²) in [4.78, 5) is 10.7. The van der Waals surface area contributed by atoms with Crippen LogP contribution in [0.3, 0.4) is 0 Å². The van der Waals surface area contributed by atoms with Gasteiger partial charge in [-0.2, -0.15) is 0 Å². The van der Waals surface area contributed by atoms with Crippen molar-refractivity contribution >= 4 is 16.8 Å². The average molecular weight is 292 g/mol. The lowest BCUT2D eigenvalue weighted by Crippen LogP contribution is -2.01. The Hall–Kier alpha value is -1.84. The summed E-state index contributed by atoms with van der Waals surface area (Å²) in [6.45, 7) is 0.740. The van der Waals surface area contributed by atoms with E-state index in [1.807, 2.05) is 18.2 Å². The van der Waals surface area contributed by atoms with Gasteiger partial charge in [0.1, 0.15) is 5.75 Å². The molecule has 20 heavy (non-hydrogen) atoms. The van der Waals surface area contributed by atoms with Crippen LogP contribution in [0.1, 0.15) is 15.9 Å².